The monoisotopic (exact) mass is 318 g/mol. The number of rotatable bonds is 6. The van der Waals surface area contributed by atoms with Crippen LogP contribution in [-0.2, 0) is 11.3 Å². The molecule has 1 atom stereocenters. The molecule has 2 aliphatic rings. The van der Waals surface area contributed by atoms with Crippen LogP contribution in [0.3, 0.4) is 0 Å². The quantitative estimate of drug-likeness (QED) is 0.857. The topological polar surface area (TPSA) is 40.6 Å². The van der Waals surface area contributed by atoms with Crippen molar-refractivity contribution >= 4 is 0 Å². The molecular formula is C18H30N4O. The van der Waals surface area contributed by atoms with Crippen molar-refractivity contribution in [1.29, 1.82) is 0 Å². The molecule has 1 N–H and O–H groups in total. The van der Waals surface area contributed by atoms with E-state index in [0.29, 0.717) is 12.1 Å². The molecule has 23 heavy (non-hydrogen) atoms. The van der Waals surface area contributed by atoms with Gasteiger partial charge in [0.05, 0.1) is 18.9 Å². The largest absolute Gasteiger partial charge is 0.379 e. The summed E-state index contributed by atoms with van der Waals surface area (Å²) in [5, 5.41) is 3.78. The lowest BCUT2D eigenvalue weighted by Crippen LogP contribution is -2.49. The molecule has 2 aliphatic heterocycles. The fraction of sp³-hybridized carbons (Fsp3) is 0.722. The first-order chi connectivity index (χ1) is 11.3. The van der Waals surface area contributed by atoms with Crippen molar-refractivity contribution in [3.63, 3.8) is 0 Å². The zero-order valence-corrected chi connectivity index (χ0v) is 14.3. The van der Waals surface area contributed by atoms with Gasteiger partial charge in [-0.05, 0) is 31.9 Å². The van der Waals surface area contributed by atoms with Gasteiger partial charge >= 0.3 is 0 Å². The van der Waals surface area contributed by atoms with Crippen molar-refractivity contribution in [2.75, 3.05) is 45.9 Å². The first kappa shape index (κ1) is 16.8. The smallest absolute Gasteiger partial charge is 0.0594 e. The van der Waals surface area contributed by atoms with Crippen molar-refractivity contribution in [3.05, 3.63) is 30.1 Å². The fourth-order valence-corrected chi connectivity index (χ4v) is 3.50. The molecule has 1 aromatic heterocycles. The summed E-state index contributed by atoms with van der Waals surface area (Å²) in [7, 11) is 0. The summed E-state index contributed by atoms with van der Waals surface area (Å²) in [6.07, 6.45) is 4.36. The van der Waals surface area contributed by atoms with Gasteiger partial charge in [0, 0.05) is 57.5 Å². The van der Waals surface area contributed by atoms with Gasteiger partial charge in [-0.2, -0.15) is 0 Å². The Morgan fingerprint density at radius 2 is 2.00 bits per heavy atom. The number of morpholine rings is 1. The number of aromatic nitrogens is 1. The molecule has 0 aliphatic carbocycles. The van der Waals surface area contributed by atoms with Crippen molar-refractivity contribution in [1.82, 2.24) is 20.1 Å². The molecule has 0 aromatic carbocycles. The summed E-state index contributed by atoms with van der Waals surface area (Å²) in [6, 6.07) is 7.44. The fourth-order valence-electron chi connectivity index (χ4n) is 3.50. The summed E-state index contributed by atoms with van der Waals surface area (Å²) >= 11 is 0. The molecule has 128 valence electrons. The molecule has 3 rings (SSSR count). The Hall–Kier alpha value is -1.01. The maximum absolute atomic E-state index is 5.43. The second-order valence-corrected chi connectivity index (χ2v) is 6.78. The Balaban J connectivity index is 1.34. The van der Waals surface area contributed by atoms with Crippen LogP contribution in [0.2, 0.25) is 0 Å². The Bertz CT molecular complexity index is 442. The van der Waals surface area contributed by atoms with Crippen LogP contribution < -0.4 is 5.32 Å². The molecular weight excluding hydrogens is 288 g/mol. The van der Waals surface area contributed by atoms with Crippen LogP contribution in [0, 0.1) is 0 Å². The molecule has 0 saturated carbocycles. The summed E-state index contributed by atoms with van der Waals surface area (Å²) < 4.78 is 5.43. The molecule has 0 bridgehead atoms. The molecule has 2 fully saturated rings. The zero-order chi connectivity index (χ0) is 15.9. The summed E-state index contributed by atoms with van der Waals surface area (Å²) in [5.74, 6) is 0. The standard InChI is InChI=1S/C18H30N4O/c1-16(22-10-12-23-13-11-22)14-20-17-5-8-21(9-6-17)15-18-4-2-3-7-19-18/h2-4,7,16-17,20H,5-6,8-15H2,1H3. The highest BCUT2D eigenvalue weighted by molar-refractivity contribution is 5.03. The maximum atomic E-state index is 5.43. The molecule has 5 heteroatoms. The minimum Gasteiger partial charge on any atom is -0.379 e. The lowest BCUT2D eigenvalue weighted by atomic mass is 10.0. The number of ether oxygens (including phenoxy) is 1. The van der Waals surface area contributed by atoms with Crippen LogP contribution in [0.1, 0.15) is 25.5 Å². The maximum Gasteiger partial charge on any atom is 0.0594 e. The predicted octanol–water partition coefficient (Wildman–Crippen LogP) is 1.36. The van der Waals surface area contributed by atoms with Crippen molar-refractivity contribution in [2.45, 2.75) is 38.4 Å². The van der Waals surface area contributed by atoms with Gasteiger partial charge in [-0.3, -0.25) is 14.8 Å². The van der Waals surface area contributed by atoms with E-state index in [-0.39, 0.29) is 0 Å². The second kappa shape index (κ2) is 8.73. The third kappa shape index (κ3) is 5.24. The Morgan fingerprint density at radius 1 is 1.22 bits per heavy atom. The molecule has 0 spiro atoms. The molecule has 0 amide bonds. The molecule has 5 nitrogen and oxygen atoms in total. The lowest BCUT2D eigenvalue weighted by Gasteiger charge is -2.35. The highest BCUT2D eigenvalue weighted by Crippen LogP contribution is 2.13. The number of nitrogens with zero attached hydrogens (tertiary/aromatic N) is 3. The number of hydrogen-bond acceptors (Lipinski definition) is 5. The van der Waals surface area contributed by atoms with Gasteiger partial charge in [-0.15, -0.1) is 0 Å². The average molecular weight is 318 g/mol. The van der Waals surface area contributed by atoms with Crippen molar-refractivity contribution in [2.24, 2.45) is 0 Å². The minimum absolute atomic E-state index is 0.602. The van der Waals surface area contributed by atoms with Crippen LogP contribution in [0.25, 0.3) is 0 Å². The summed E-state index contributed by atoms with van der Waals surface area (Å²) in [5.41, 5.74) is 1.18. The van der Waals surface area contributed by atoms with Gasteiger partial charge in [0.2, 0.25) is 0 Å². The number of nitrogens with one attached hydrogen (secondary N) is 1. The van der Waals surface area contributed by atoms with Crippen LogP contribution >= 0.6 is 0 Å². The van der Waals surface area contributed by atoms with Gasteiger partial charge in [-0.1, -0.05) is 6.07 Å². The zero-order valence-electron chi connectivity index (χ0n) is 14.3. The molecule has 2 saturated heterocycles. The Kier molecular flexibility index (Phi) is 6.39. The van der Waals surface area contributed by atoms with Gasteiger partial charge in [-0.25, -0.2) is 0 Å². The first-order valence-electron chi connectivity index (χ1n) is 8.99. The SMILES string of the molecule is CC(CNC1CCN(Cc2ccccn2)CC1)N1CCOCC1. The van der Waals surface area contributed by atoms with Crippen LogP contribution in [-0.4, -0.2) is 72.8 Å². The van der Waals surface area contributed by atoms with E-state index in [9.17, 15) is 0 Å². The molecule has 3 heterocycles. The van der Waals surface area contributed by atoms with Crippen LogP contribution in [0.15, 0.2) is 24.4 Å². The second-order valence-electron chi connectivity index (χ2n) is 6.78. The number of pyridine rings is 1. The molecule has 1 aromatic rings. The van der Waals surface area contributed by atoms with Gasteiger partial charge < -0.3 is 10.1 Å². The van der Waals surface area contributed by atoms with E-state index >= 15 is 0 Å². The van der Waals surface area contributed by atoms with Crippen LogP contribution in [0.4, 0.5) is 0 Å². The lowest BCUT2D eigenvalue weighted by molar-refractivity contribution is 0.0194. The number of hydrogen-bond donors (Lipinski definition) is 1. The summed E-state index contributed by atoms with van der Waals surface area (Å²) in [6.45, 7) is 10.7. The van der Waals surface area contributed by atoms with E-state index in [2.05, 4.69) is 39.2 Å². The minimum atomic E-state index is 0.602. The van der Waals surface area contributed by atoms with Crippen molar-refractivity contribution < 1.29 is 4.74 Å². The van der Waals surface area contributed by atoms with Gasteiger partial charge in [0.1, 0.15) is 0 Å². The normalized spacial score (nSPS) is 23.0. The predicted molar refractivity (Wildman–Crippen MR) is 92.4 cm³/mol. The third-order valence-corrected chi connectivity index (χ3v) is 5.07. The van der Waals surface area contributed by atoms with Gasteiger partial charge in [0.25, 0.3) is 0 Å². The van der Waals surface area contributed by atoms with Crippen molar-refractivity contribution in [3.8, 4) is 0 Å². The third-order valence-electron chi connectivity index (χ3n) is 5.07. The Morgan fingerprint density at radius 3 is 2.70 bits per heavy atom. The average Bonchev–Trinajstić information content (AvgIpc) is 2.62. The van der Waals surface area contributed by atoms with E-state index in [1.807, 2.05) is 12.3 Å². The number of likely N-dealkylation sites (tertiary alicyclic amines) is 1. The first-order valence-corrected chi connectivity index (χ1v) is 8.99. The molecule has 1 unspecified atom stereocenters. The highest BCUT2D eigenvalue weighted by atomic mass is 16.5. The Labute approximate surface area is 140 Å². The number of piperidine rings is 1. The van der Waals surface area contributed by atoms with Gasteiger partial charge in [0.15, 0.2) is 0 Å². The highest BCUT2D eigenvalue weighted by Gasteiger charge is 2.21. The summed E-state index contributed by atoms with van der Waals surface area (Å²) in [4.78, 5) is 9.48. The van der Waals surface area contributed by atoms with E-state index < -0.39 is 0 Å². The van der Waals surface area contributed by atoms with E-state index in [4.69, 9.17) is 4.74 Å². The van der Waals surface area contributed by atoms with E-state index in [1.165, 1.54) is 31.6 Å². The molecule has 0 radical (unpaired) electrons. The van der Waals surface area contributed by atoms with E-state index in [1.54, 1.807) is 0 Å². The van der Waals surface area contributed by atoms with Crippen LogP contribution in [0.5, 0.6) is 0 Å². The van der Waals surface area contributed by atoms with E-state index in [0.717, 1.165) is 39.4 Å².